The molecule has 3 aromatic rings. The molecule has 1 nitrogen and oxygen atoms in total. The molecule has 120 valence electrons. The molecule has 3 heteroatoms. The number of hydrogen-bond acceptors (Lipinski definition) is 1. The van der Waals surface area contributed by atoms with Crippen molar-refractivity contribution in [3.63, 3.8) is 0 Å². The van der Waals surface area contributed by atoms with Gasteiger partial charge in [0.15, 0.2) is 0 Å². The fraction of sp³-hybridized carbons (Fsp3) is 0.300. The van der Waals surface area contributed by atoms with E-state index >= 15 is 0 Å². The Balaban J connectivity index is 1.88. The molecule has 1 aromatic heterocycles. The standard InChI is InChI=1S/C20H20F2O/c1-3-14(12-13(2)15-4-6-16(21)7-5-15)17-8-9-19(22)18-10-11-23-20(17)18/h4-11,13-14H,3,12H2,1-2H3/t13?,14-/m0/s1. The molecular weight excluding hydrogens is 294 g/mol. The molecule has 1 heterocycles. The van der Waals surface area contributed by atoms with E-state index in [0.717, 1.165) is 24.0 Å². The van der Waals surface area contributed by atoms with E-state index in [1.165, 1.54) is 24.5 Å². The number of rotatable bonds is 5. The van der Waals surface area contributed by atoms with Gasteiger partial charge in [-0.25, -0.2) is 8.78 Å². The second-order valence-electron chi connectivity index (χ2n) is 6.09. The fourth-order valence-corrected chi connectivity index (χ4v) is 3.24. The van der Waals surface area contributed by atoms with E-state index in [2.05, 4.69) is 13.8 Å². The number of fused-ring (bicyclic) bond motifs is 1. The normalized spacial score (nSPS) is 14.1. The third-order valence-electron chi connectivity index (χ3n) is 4.60. The van der Waals surface area contributed by atoms with Crippen LogP contribution in [0.25, 0.3) is 11.0 Å². The third-order valence-corrected chi connectivity index (χ3v) is 4.60. The van der Waals surface area contributed by atoms with Gasteiger partial charge in [0.1, 0.15) is 17.2 Å². The van der Waals surface area contributed by atoms with Crippen molar-refractivity contribution in [3.8, 4) is 0 Å². The summed E-state index contributed by atoms with van der Waals surface area (Å²) in [6.45, 7) is 4.26. The van der Waals surface area contributed by atoms with Crippen LogP contribution in [0.3, 0.4) is 0 Å². The molecule has 0 saturated heterocycles. The van der Waals surface area contributed by atoms with Crippen molar-refractivity contribution in [1.82, 2.24) is 0 Å². The molecule has 2 atom stereocenters. The highest BCUT2D eigenvalue weighted by Crippen LogP contribution is 2.36. The van der Waals surface area contributed by atoms with Crippen LogP contribution in [-0.2, 0) is 0 Å². The first-order valence-electron chi connectivity index (χ1n) is 8.01. The number of hydrogen-bond donors (Lipinski definition) is 0. The van der Waals surface area contributed by atoms with Gasteiger partial charge >= 0.3 is 0 Å². The molecular formula is C20H20F2O. The van der Waals surface area contributed by atoms with Crippen molar-refractivity contribution in [2.24, 2.45) is 0 Å². The molecule has 3 rings (SSSR count). The molecule has 2 aromatic carbocycles. The quantitative estimate of drug-likeness (QED) is 0.531. The average Bonchev–Trinajstić information content (AvgIpc) is 3.04. The van der Waals surface area contributed by atoms with Crippen LogP contribution in [0.4, 0.5) is 8.78 Å². The molecule has 0 bridgehead atoms. The Morgan fingerprint density at radius 3 is 2.43 bits per heavy atom. The van der Waals surface area contributed by atoms with E-state index in [4.69, 9.17) is 4.42 Å². The molecule has 0 amide bonds. The third kappa shape index (κ3) is 3.14. The number of benzene rings is 2. The highest BCUT2D eigenvalue weighted by molar-refractivity contribution is 5.81. The maximum absolute atomic E-state index is 13.8. The van der Waals surface area contributed by atoms with Gasteiger partial charge in [-0.2, -0.15) is 0 Å². The predicted molar refractivity (Wildman–Crippen MR) is 88.6 cm³/mol. The van der Waals surface area contributed by atoms with E-state index < -0.39 is 0 Å². The Bertz CT molecular complexity index is 789. The van der Waals surface area contributed by atoms with Crippen LogP contribution in [0, 0.1) is 11.6 Å². The largest absolute Gasteiger partial charge is 0.464 e. The molecule has 0 aliphatic carbocycles. The first kappa shape index (κ1) is 15.7. The van der Waals surface area contributed by atoms with Crippen LogP contribution in [0.15, 0.2) is 53.1 Å². The van der Waals surface area contributed by atoms with Gasteiger partial charge in [-0.05, 0) is 60.1 Å². The van der Waals surface area contributed by atoms with Crippen molar-refractivity contribution in [2.45, 2.75) is 38.5 Å². The first-order chi connectivity index (χ1) is 11.1. The summed E-state index contributed by atoms with van der Waals surface area (Å²) in [6, 6.07) is 11.7. The van der Waals surface area contributed by atoms with Crippen molar-refractivity contribution >= 4 is 11.0 Å². The second kappa shape index (κ2) is 6.53. The lowest BCUT2D eigenvalue weighted by Gasteiger charge is -2.21. The Labute approximate surface area is 134 Å². The second-order valence-corrected chi connectivity index (χ2v) is 6.09. The van der Waals surface area contributed by atoms with Crippen LogP contribution < -0.4 is 0 Å². The summed E-state index contributed by atoms with van der Waals surface area (Å²) in [6.07, 6.45) is 3.38. The molecule has 0 aliphatic rings. The monoisotopic (exact) mass is 314 g/mol. The summed E-state index contributed by atoms with van der Waals surface area (Å²) in [5.74, 6) is 0.0858. The van der Waals surface area contributed by atoms with Gasteiger partial charge in [-0.15, -0.1) is 0 Å². The zero-order valence-corrected chi connectivity index (χ0v) is 13.4. The van der Waals surface area contributed by atoms with Gasteiger partial charge in [0.25, 0.3) is 0 Å². The topological polar surface area (TPSA) is 13.1 Å². The Morgan fingerprint density at radius 1 is 1.00 bits per heavy atom. The Hall–Kier alpha value is -2.16. The summed E-state index contributed by atoms with van der Waals surface area (Å²) in [5, 5.41) is 0.537. The maximum Gasteiger partial charge on any atom is 0.140 e. The minimum absolute atomic E-state index is 0.219. The van der Waals surface area contributed by atoms with Crippen LogP contribution >= 0.6 is 0 Å². The molecule has 1 unspecified atom stereocenters. The van der Waals surface area contributed by atoms with Crippen LogP contribution in [0.2, 0.25) is 0 Å². The molecule has 0 aliphatic heterocycles. The minimum atomic E-state index is -0.251. The SMILES string of the molecule is CC[C@@H](CC(C)c1ccc(F)cc1)c1ccc(F)c2ccoc12. The predicted octanol–water partition coefficient (Wildman–Crippen LogP) is 6.40. The zero-order valence-electron chi connectivity index (χ0n) is 13.4. The van der Waals surface area contributed by atoms with Gasteiger partial charge in [0.05, 0.1) is 11.6 Å². The van der Waals surface area contributed by atoms with Crippen molar-refractivity contribution in [2.75, 3.05) is 0 Å². The lowest BCUT2D eigenvalue weighted by atomic mass is 9.84. The highest BCUT2D eigenvalue weighted by Gasteiger charge is 2.20. The lowest BCUT2D eigenvalue weighted by molar-refractivity contribution is 0.531. The van der Waals surface area contributed by atoms with Crippen molar-refractivity contribution < 1.29 is 13.2 Å². The Morgan fingerprint density at radius 2 is 1.74 bits per heavy atom. The van der Waals surface area contributed by atoms with Gasteiger partial charge < -0.3 is 4.42 Å². The minimum Gasteiger partial charge on any atom is -0.464 e. The van der Waals surface area contributed by atoms with Gasteiger partial charge in [0, 0.05) is 0 Å². The van der Waals surface area contributed by atoms with Gasteiger partial charge in [-0.3, -0.25) is 0 Å². The maximum atomic E-state index is 13.8. The summed E-state index contributed by atoms with van der Waals surface area (Å²) in [4.78, 5) is 0. The molecule has 0 saturated carbocycles. The van der Waals surface area contributed by atoms with E-state index in [-0.39, 0.29) is 23.5 Å². The average molecular weight is 314 g/mol. The van der Waals surface area contributed by atoms with E-state index in [1.54, 1.807) is 6.07 Å². The highest BCUT2D eigenvalue weighted by atomic mass is 19.1. The molecule has 0 fully saturated rings. The molecule has 0 spiro atoms. The van der Waals surface area contributed by atoms with Crippen LogP contribution in [0.1, 0.15) is 49.7 Å². The van der Waals surface area contributed by atoms with Crippen molar-refractivity contribution in [1.29, 1.82) is 0 Å². The number of furan rings is 1. The van der Waals surface area contributed by atoms with Crippen molar-refractivity contribution in [3.05, 3.63) is 71.5 Å². The summed E-state index contributed by atoms with van der Waals surface area (Å²) in [5.41, 5.74) is 2.80. The van der Waals surface area contributed by atoms with Crippen LogP contribution in [-0.4, -0.2) is 0 Å². The summed E-state index contributed by atoms with van der Waals surface area (Å²) < 4.78 is 32.4. The first-order valence-corrected chi connectivity index (χ1v) is 8.01. The fourth-order valence-electron chi connectivity index (χ4n) is 3.24. The molecule has 23 heavy (non-hydrogen) atoms. The van der Waals surface area contributed by atoms with Crippen LogP contribution in [0.5, 0.6) is 0 Å². The van der Waals surface area contributed by atoms with E-state index in [0.29, 0.717) is 11.0 Å². The Kier molecular flexibility index (Phi) is 4.46. The van der Waals surface area contributed by atoms with Gasteiger partial charge in [-0.1, -0.05) is 32.0 Å². The molecule has 0 N–H and O–H groups in total. The summed E-state index contributed by atoms with van der Waals surface area (Å²) >= 11 is 0. The van der Waals surface area contributed by atoms with E-state index in [1.807, 2.05) is 18.2 Å². The summed E-state index contributed by atoms with van der Waals surface area (Å²) in [7, 11) is 0. The lowest BCUT2D eigenvalue weighted by Crippen LogP contribution is -2.04. The van der Waals surface area contributed by atoms with E-state index in [9.17, 15) is 8.78 Å². The zero-order chi connectivity index (χ0) is 16.4. The smallest absolute Gasteiger partial charge is 0.140 e. The number of halogens is 2. The molecule has 0 radical (unpaired) electrons. The van der Waals surface area contributed by atoms with Gasteiger partial charge in [0.2, 0.25) is 0 Å².